The molecule has 5 heteroatoms. The predicted molar refractivity (Wildman–Crippen MR) is 129 cm³/mol. The minimum absolute atomic E-state index is 0.0464. The Morgan fingerprint density at radius 3 is 1.74 bits per heavy atom. The summed E-state index contributed by atoms with van der Waals surface area (Å²) in [5.74, 6) is -0.0464. The van der Waals surface area contributed by atoms with Crippen LogP contribution in [0.1, 0.15) is 16.7 Å². The summed E-state index contributed by atoms with van der Waals surface area (Å²) in [5.41, 5.74) is 3.34. The summed E-state index contributed by atoms with van der Waals surface area (Å²) in [5, 5.41) is 0. The molecule has 3 aromatic rings. The van der Waals surface area contributed by atoms with Crippen LogP contribution in [0.25, 0.3) is 0 Å². The molecule has 0 saturated carbocycles. The van der Waals surface area contributed by atoms with Gasteiger partial charge in [-0.2, -0.15) is 0 Å². The highest BCUT2D eigenvalue weighted by Crippen LogP contribution is 2.36. The van der Waals surface area contributed by atoms with E-state index in [-0.39, 0.29) is 24.2 Å². The lowest BCUT2D eigenvalue weighted by Gasteiger charge is -2.43. The van der Waals surface area contributed by atoms with Crippen LogP contribution in [0.2, 0.25) is 0 Å². The van der Waals surface area contributed by atoms with E-state index in [4.69, 9.17) is 23.7 Å². The normalized spacial score (nSPS) is 25.6. The van der Waals surface area contributed by atoms with Gasteiger partial charge in [-0.3, -0.25) is 0 Å². The van der Waals surface area contributed by atoms with Gasteiger partial charge in [-0.25, -0.2) is 0 Å². The van der Waals surface area contributed by atoms with E-state index in [0.717, 1.165) is 16.7 Å². The minimum atomic E-state index is -0.400. The van der Waals surface area contributed by atoms with Crippen LogP contribution in [-0.2, 0) is 43.5 Å². The molecule has 2 aliphatic rings. The maximum atomic E-state index is 6.49. The molecule has 5 rings (SSSR count). The van der Waals surface area contributed by atoms with Gasteiger partial charge in [-0.15, -0.1) is 0 Å². The van der Waals surface area contributed by atoms with Crippen LogP contribution in [0.15, 0.2) is 103 Å². The maximum absolute atomic E-state index is 6.49. The highest BCUT2D eigenvalue weighted by Gasteiger charge is 2.49. The van der Waals surface area contributed by atoms with Crippen LogP contribution < -0.4 is 0 Å². The standard InChI is InChI=1S/C29H30O5/c1-4-10-22(11-5-1)18-30-21-26-28(33-20-24-14-8-3-9-15-24)27(25-16-17-31-29(25)34-26)32-19-23-12-6-2-7-13-23/h1-17,25-29H,18-21H2/t25-,26-,27-,28-,29+/m1/s1. The van der Waals surface area contributed by atoms with Gasteiger partial charge in [0.1, 0.15) is 12.2 Å². The van der Waals surface area contributed by atoms with Crippen molar-refractivity contribution in [2.75, 3.05) is 6.61 Å². The summed E-state index contributed by atoms with van der Waals surface area (Å²) < 4.78 is 31.1. The summed E-state index contributed by atoms with van der Waals surface area (Å²) in [7, 11) is 0. The van der Waals surface area contributed by atoms with E-state index >= 15 is 0 Å². The smallest absolute Gasteiger partial charge is 0.208 e. The number of hydrogen-bond donors (Lipinski definition) is 0. The molecule has 2 aliphatic heterocycles. The molecule has 0 aliphatic carbocycles. The molecular formula is C29H30O5. The summed E-state index contributed by atoms with van der Waals surface area (Å²) >= 11 is 0. The Bertz CT molecular complexity index is 1020. The van der Waals surface area contributed by atoms with Crippen LogP contribution in [0.3, 0.4) is 0 Å². The van der Waals surface area contributed by atoms with E-state index in [2.05, 4.69) is 36.4 Å². The fourth-order valence-corrected chi connectivity index (χ4v) is 4.41. The number of rotatable bonds is 10. The van der Waals surface area contributed by atoms with E-state index in [1.54, 1.807) is 6.26 Å². The summed E-state index contributed by atoms with van der Waals surface area (Å²) in [6, 6.07) is 30.5. The Labute approximate surface area is 200 Å². The first-order chi connectivity index (χ1) is 16.9. The van der Waals surface area contributed by atoms with E-state index in [1.165, 1.54) is 0 Å². The van der Waals surface area contributed by atoms with Crippen LogP contribution >= 0.6 is 0 Å². The van der Waals surface area contributed by atoms with Crippen molar-refractivity contribution in [3.05, 3.63) is 120 Å². The number of hydrogen-bond acceptors (Lipinski definition) is 5. The van der Waals surface area contributed by atoms with E-state index in [9.17, 15) is 0 Å². The fraction of sp³-hybridized carbons (Fsp3) is 0.310. The predicted octanol–water partition coefficient (Wildman–Crippen LogP) is 5.26. The first kappa shape index (κ1) is 22.8. The molecule has 0 bridgehead atoms. The molecule has 0 aromatic heterocycles. The second-order valence-corrected chi connectivity index (χ2v) is 8.61. The molecule has 0 spiro atoms. The zero-order valence-electron chi connectivity index (χ0n) is 19.1. The third-order valence-electron chi connectivity index (χ3n) is 6.17. The Balaban J connectivity index is 1.31. The van der Waals surface area contributed by atoms with Gasteiger partial charge >= 0.3 is 0 Å². The lowest BCUT2D eigenvalue weighted by molar-refractivity contribution is -0.277. The Kier molecular flexibility index (Phi) is 7.68. The molecule has 34 heavy (non-hydrogen) atoms. The van der Waals surface area contributed by atoms with Gasteiger partial charge in [0.15, 0.2) is 0 Å². The third-order valence-corrected chi connectivity index (χ3v) is 6.17. The molecular weight excluding hydrogens is 428 g/mol. The summed E-state index contributed by atoms with van der Waals surface area (Å²) in [6.07, 6.45) is 2.45. The minimum Gasteiger partial charge on any atom is -0.472 e. The molecule has 2 heterocycles. The lowest BCUT2D eigenvalue weighted by atomic mass is 9.91. The molecule has 0 unspecified atom stereocenters. The fourth-order valence-electron chi connectivity index (χ4n) is 4.41. The number of ether oxygens (including phenoxy) is 5. The molecule has 3 aromatic carbocycles. The van der Waals surface area contributed by atoms with E-state index in [0.29, 0.717) is 26.4 Å². The lowest BCUT2D eigenvalue weighted by Crippen LogP contribution is -2.56. The molecule has 5 atom stereocenters. The summed E-state index contributed by atoms with van der Waals surface area (Å²) in [6.45, 7) is 1.85. The average Bonchev–Trinajstić information content (AvgIpc) is 3.36. The Morgan fingerprint density at radius 1 is 0.618 bits per heavy atom. The van der Waals surface area contributed by atoms with Gasteiger partial charge in [0.25, 0.3) is 0 Å². The van der Waals surface area contributed by atoms with E-state index in [1.807, 2.05) is 60.7 Å². The van der Waals surface area contributed by atoms with Crippen molar-refractivity contribution in [1.82, 2.24) is 0 Å². The van der Waals surface area contributed by atoms with Gasteiger partial charge in [0.05, 0.1) is 44.7 Å². The molecule has 0 amide bonds. The van der Waals surface area contributed by atoms with Crippen molar-refractivity contribution >= 4 is 0 Å². The molecule has 176 valence electrons. The van der Waals surface area contributed by atoms with Crippen molar-refractivity contribution in [3.63, 3.8) is 0 Å². The average molecular weight is 459 g/mol. The zero-order valence-corrected chi connectivity index (χ0v) is 19.1. The first-order valence-electron chi connectivity index (χ1n) is 11.8. The molecule has 5 nitrogen and oxygen atoms in total. The van der Waals surface area contributed by atoms with Gasteiger partial charge < -0.3 is 23.7 Å². The van der Waals surface area contributed by atoms with Crippen LogP contribution in [0.4, 0.5) is 0 Å². The monoisotopic (exact) mass is 458 g/mol. The molecule has 0 radical (unpaired) electrons. The van der Waals surface area contributed by atoms with Crippen molar-refractivity contribution in [1.29, 1.82) is 0 Å². The van der Waals surface area contributed by atoms with Crippen LogP contribution in [0.5, 0.6) is 0 Å². The topological polar surface area (TPSA) is 46.2 Å². The van der Waals surface area contributed by atoms with Crippen molar-refractivity contribution < 1.29 is 23.7 Å². The quantitative estimate of drug-likeness (QED) is 0.415. The maximum Gasteiger partial charge on any atom is 0.208 e. The van der Waals surface area contributed by atoms with E-state index < -0.39 is 6.29 Å². The van der Waals surface area contributed by atoms with Crippen LogP contribution in [0, 0.1) is 5.92 Å². The van der Waals surface area contributed by atoms with Gasteiger partial charge in [0, 0.05) is 0 Å². The van der Waals surface area contributed by atoms with Gasteiger partial charge in [-0.05, 0) is 22.8 Å². The SMILES string of the molecule is C1=C[C@H]2[C@@H](O1)O[C@H](COCc1ccccc1)[C@@H](OCc1ccccc1)[C@@H]2OCc1ccccc1. The highest BCUT2D eigenvalue weighted by atomic mass is 16.7. The molecule has 1 saturated heterocycles. The second-order valence-electron chi connectivity index (χ2n) is 8.61. The second kappa shape index (κ2) is 11.4. The first-order valence-corrected chi connectivity index (χ1v) is 11.8. The largest absolute Gasteiger partial charge is 0.472 e. The Morgan fingerprint density at radius 2 is 1.15 bits per heavy atom. The number of benzene rings is 3. The number of fused-ring (bicyclic) bond motifs is 1. The van der Waals surface area contributed by atoms with Crippen molar-refractivity contribution in [2.24, 2.45) is 5.92 Å². The summed E-state index contributed by atoms with van der Waals surface area (Å²) in [4.78, 5) is 0. The van der Waals surface area contributed by atoms with Gasteiger partial charge in [0.2, 0.25) is 6.29 Å². The van der Waals surface area contributed by atoms with Crippen molar-refractivity contribution in [2.45, 2.75) is 44.4 Å². The molecule has 0 N–H and O–H groups in total. The van der Waals surface area contributed by atoms with Crippen LogP contribution in [-0.4, -0.2) is 31.2 Å². The van der Waals surface area contributed by atoms with Crippen molar-refractivity contribution in [3.8, 4) is 0 Å². The van der Waals surface area contributed by atoms with Gasteiger partial charge in [-0.1, -0.05) is 91.0 Å². The Hall–Kier alpha value is -2.96. The highest BCUT2D eigenvalue weighted by molar-refractivity contribution is 5.16. The third kappa shape index (κ3) is 5.75. The zero-order chi connectivity index (χ0) is 23.0. The molecule has 1 fully saturated rings.